The van der Waals surface area contributed by atoms with Gasteiger partial charge in [-0.25, -0.2) is 19.2 Å². The Morgan fingerprint density at radius 2 is 1.68 bits per heavy atom. The van der Waals surface area contributed by atoms with E-state index in [2.05, 4.69) is 50.5 Å². The molecule has 0 bridgehead atoms. The summed E-state index contributed by atoms with van der Waals surface area (Å²) >= 11 is 0. The van der Waals surface area contributed by atoms with Crippen LogP contribution in [0.25, 0.3) is 27.5 Å². The molecule has 0 amide bonds. The Hall–Kier alpha value is -4.26. The molecule has 0 N–H and O–H groups in total. The quantitative estimate of drug-likeness (QED) is 0.428. The first-order valence-corrected chi connectivity index (χ1v) is 10.0. The summed E-state index contributed by atoms with van der Waals surface area (Å²) in [7, 11) is 0. The van der Waals surface area contributed by atoms with Gasteiger partial charge in [0, 0.05) is 0 Å². The van der Waals surface area contributed by atoms with Gasteiger partial charge in [0.1, 0.15) is 18.7 Å². The van der Waals surface area contributed by atoms with Gasteiger partial charge >= 0.3 is 0 Å². The van der Waals surface area contributed by atoms with Crippen LogP contribution in [0.1, 0.15) is 11.4 Å². The molecule has 0 aliphatic heterocycles. The molecule has 0 saturated carbocycles. The molecular formula is C24H18N6O. The topological polar surface area (TPSA) is 70.1 Å². The molecule has 0 aliphatic carbocycles. The molecule has 0 spiro atoms. The van der Waals surface area contributed by atoms with E-state index < -0.39 is 0 Å². The molecule has 0 aliphatic rings. The molecule has 150 valence electrons. The summed E-state index contributed by atoms with van der Waals surface area (Å²) in [6.45, 7) is 0.930. The third kappa shape index (κ3) is 3.26. The van der Waals surface area contributed by atoms with Gasteiger partial charge in [-0.05, 0) is 28.5 Å². The van der Waals surface area contributed by atoms with Crippen molar-refractivity contribution in [2.75, 3.05) is 0 Å². The molecule has 0 atom stereocenters. The number of fused-ring (bicyclic) bond motifs is 4. The predicted octanol–water partition coefficient (Wildman–Crippen LogP) is 4.25. The highest BCUT2D eigenvalue weighted by molar-refractivity contribution is 5.88. The standard InChI is InChI=1S/C24H18N6O/c1-2-6-17(7-3-1)14-29-23-21(13-26-29)24-27-22(28-30(24)16-25-23)15-31-20-11-10-18-8-4-5-9-19(18)12-20/h1-13,16H,14-15H2. The average Bonchev–Trinajstić information content (AvgIpc) is 3.42. The van der Waals surface area contributed by atoms with Crippen LogP contribution in [0.3, 0.4) is 0 Å². The Balaban J connectivity index is 1.28. The zero-order chi connectivity index (χ0) is 20.6. The van der Waals surface area contributed by atoms with E-state index in [1.54, 1.807) is 17.0 Å². The minimum atomic E-state index is 0.277. The minimum Gasteiger partial charge on any atom is -0.486 e. The molecule has 0 saturated heterocycles. The summed E-state index contributed by atoms with van der Waals surface area (Å²) in [6.07, 6.45) is 3.47. The largest absolute Gasteiger partial charge is 0.486 e. The van der Waals surface area contributed by atoms with Gasteiger partial charge in [0.2, 0.25) is 0 Å². The normalized spacial score (nSPS) is 11.5. The van der Waals surface area contributed by atoms with Crippen molar-refractivity contribution >= 4 is 27.5 Å². The SMILES string of the molecule is c1ccc(Cn2ncc3c2ncn2nc(COc4ccc5ccccc5c4)nc32)cc1. The second-order valence-electron chi connectivity index (χ2n) is 7.36. The summed E-state index contributed by atoms with van der Waals surface area (Å²) in [5.41, 5.74) is 2.67. The Labute approximate surface area is 177 Å². The molecule has 0 radical (unpaired) electrons. The number of hydrogen-bond acceptors (Lipinski definition) is 5. The third-order valence-corrected chi connectivity index (χ3v) is 5.28. The molecule has 31 heavy (non-hydrogen) atoms. The van der Waals surface area contributed by atoms with Crippen LogP contribution in [0.4, 0.5) is 0 Å². The highest BCUT2D eigenvalue weighted by atomic mass is 16.5. The highest BCUT2D eigenvalue weighted by Crippen LogP contribution is 2.22. The van der Waals surface area contributed by atoms with E-state index in [0.29, 0.717) is 12.4 Å². The lowest BCUT2D eigenvalue weighted by atomic mass is 10.1. The summed E-state index contributed by atoms with van der Waals surface area (Å²) in [5, 5.41) is 12.2. The maximum absolute atomic E-state index is 5.95. The summed E-state index contributed by atoms with van der Waals surface area (Å²) in [5.74, 6) is 1.38. The summed E-state index contributed by atoms with van der Waals surface area (Å²) < 4.78 is 9.50. The third-order valence-electron chi connectivity index (χ3n) is 5.28. The Morgan fingerprint density at radius 1 is 0.839 bits per heavy atom. The molecule has 6 rings (SSSR count). The van der Waals surface area contributed by atoms with Gasteiger partial charge in [0.15, 0.2) is 17.1 Å². The van der Waals surface area contributed by atoms with Gasteiger partial charge in [-0.15, -0.1) is 5.10 Å². The number of nitrogens with zero attached hydrogens (tertiary/aromatic N) is 6. The summed E-state index contributed by atoms with van der Waals surface area (Å²) in [4.78, 5) is 9.22. The monoisotopic (exact) mass is 406 g/mol. The van der Waals surface area contributed by atoms with Gasteiger partial charge in [-0.3, -0.25) is 0 Å². The lowest BCUT2D eigenvalue weighted by molar-refractivity contribution is 0.296. The fourth-order valence-electron chi connectivity index (χ4n) is 3.75. The Kier molecular flexibility index (Phi) is 4.09. The van der Waals surface area contributed by atoms with Crippen LogP contribution in [0.2, 0.25) is 0 Å². The molecule has 3 heterocycles. The number of benzene rings is 3. The van der Waals surface area contributed by atoms with Gasteiger partial charge in [-0.1, -0.05) is 60.7 Å². The molecule has 0 fully saturated rings. The van der Waals surface area contributed by atoms with Crippen LogP contribution in [0.5, 0.6) is 5.75 Å². The van der Waals surface area contributed by atoms with E-state index in [1.165, 1.54) is 10.9 Å². The van der Waals surface area contributed by atoms with Gasteiger partial charge in [0.05, 0.1) is 18.1 Å². The molecule has 0 unspecified atom stereocenters. The van der Waals surface area contributed by atoms with E-state index in [-0.39, 0.29) is 6.61 Å². The van der Waals surface area contributed by atoms with Crippen LogP contribution in [-0.2, 0) is 13.2 Å². The highest BCUT2D eigenvalue weighted by Gasteiger charge is 2.13. The predicted molar refractivity (Wildman–Crippen MR) is 118 cm³/mol. The fourth-order valence-corrected chi connectivity index (χ4v) is 3.75. The lowest BCUT2D eigenvalue weighted by Crippen LogP contribution is -2.03. The molecule has 3 aromatic heterocycles. The van der Waals surface area contributed by atoms with E-state index in [9.17, 15) is 0 Å². The minimum absolute atomic E-state index is 0.277. The van der Waals surface area contributed by atoms with Crippen molar-refractivity contribution in [2.45, 2.75) is 13.2 Å². The number of ether oxygens (including phenoxy) is 1. The van der Waals surface area contributed by atoms with E-state index in [0.717, 1.165) is 27.8 Å². The second kappa shape index (κ2) is 7.21. The van der Waals surface area contributed by atoms with Crippen molar-refractivity contribution in [2.24, 2.45) is 0 Å². The second-order valence-corrected chi connectivity index (χ2v) is 7.36. The molecule has 3 aromatic carbocycles. The number of aromatic nitrogens is 6. The Morgan fingerprint density at radius 3 is 2.58 bits per heavy atom. The Bertz CT molecular complexity index is 1520. The van der Waals surface area contributed by atoms with Crippen LogP contribution in [0.15, 0.2) is 85.3 Å². The van der Waals surface area contributed by atoms with Crippen LogP contribution >= 0.6 is 0 Å². The zero-order valence-electron chi connectivity index (χ0n) is 16.6. The first-order valence-electron chi connectivity index (χ1n) is 10.0. The van der Waals surface area contributed by atoms with Crippen molar-refractivity contribution in [3.8, 4) is 5.75 Å². The molecule has 7 nitrogen and oxygen atoms in total. The van der Waals surface area contributed by atoms with Crippen molar-refractivity contribution in [1.82, 2.24) is 29.4 Å². The summed E-state index contributed by atoms with van der Waals surface area (Å²) in [6, 6.07) is 24.4. The average molecular weight is 406 g/mol. The van der Waals surface area contributed by atoms with Crippen molar-refractivity contribution < 1.29 is 4.74 Å². The van der Waals surface area contributed by atoms with E-state index in [1.807, 2.05) is 47.1 Å². The maximum atomic E-state index is 5.95. The first-order chi connectivity index (χ1) is 15.3. The number of hydrogen-bond donors (Lipinski definition) is 0. The first kappa shape index (κ1) is 17.6. The van der Waals surface area contributed by atoms with Crippen LogP contribution in [-0.4, -0.2) is 29.4 Å². The van der Waals surface area contributed by atoms with Crippen molar-refractivity contribution in [3.05, 3.63) is 96.7 Å². The van der Waals surface area contributed by atoms with E-state index in [4.69, 9.17) is 4.74 Å². The smallest absolute Gasteiger partial charge is 0.189 e. The maximum Gasteiger partial charge on any atom is 0.189 e. The molecule has 6 aromatic rings. The van der Waals surface area contributed by atoms with Gasteiger partial charge in [-0.2, -0.15) is 5.10 Å². The van der Waals surface area contributed by atoms with Gasteiger partial charge < -0.3 is 4.74 Å². The van der Waals surface area contributed by atoms with Crippen LogP contribution in [0, 0.1) is 0 Å². The fraction of sp³-hybridized carbons (Fsp3) is 0.0833. The zero-order valence-corrected chi connectivity index (χ0v) is 16.6. The van der Waals surface area contributed by atoms with E-state index >= 15 is 0 Å². The van der Waals surface area contributed by atoms with Crippen molar-refractivity contribution in [3.63, 3.8) is 0 Å². The molecular weight excluding hydrogens is 388 g/mol. The molecule has 7 heteroatoms. The van der Waals surface area contributed by atoms with Crippen LogP contribution < -0.4 is 4.74 Å². The van der Waals surface area contributed by atoms with Gasteiger partial charge in [0.25, 0.3) is 0 Å². The van der Waals surface area contributed by atoms with Crippen molar-refractivity contribution in [1.29, 1.82) is 0 Å². The number of rotatable bonds is 5. The lowest BCUT2D eigenvalue weighted by Gasteiger charge is -2.05.